The fourth-order valence-corrected chi connectivity index (χ4v) is 0.896. The maximum atomic E-state index is 12.1. The number of carbonyl (C=O) groups excluding carboxylic acids is 1. The molecular formula is C9H7F3NO2. The molecule has 0 bridgehead atoms. The Morgan fingerprint density at radius 3 is 2.20 bits per heavy atom. The molecule has 0 aliphatic rings. The Labute approximate surface area is 83.8 Å². The fourth-order valence-electron chi connectivity index (χ4n) is 0.896. The number of hydrogen-bond donors (Lipinski definition) is 1. The highest BCUT2D eigenvalue weighted by Crippen LogP contribution is 2.29. The van der Waals surface area contributed by atoms with Crippen LogP contribution in [0.3, 0.4) is 0 Å². The lowest BCUT2D eigenvalue weighted by atomic mass is 10.2. The Kier molecular flexibility index (Phi) is 3.18. The van der Waals surface area contributed by atoms with Crippen LogP contribution < -0.4 is 5.32 Å². The first-order valence-corrected chi connectivity index (χ1v) is 3.84. The second-order valence-electron chi connectivity index (χ2n) is 2.63. The summed E-state index contributed by atoms with van der Waals surface area (Å²) in [6.07, 6.45) is -5.22. The van der Waals surface area contributed by atoms with Gasteiger partial charge in [0.1, 0.15) is 7.11 Å². The van der Waals surface area contributed by atoms with Crippen molar-refractivity contribution in [2.45, 2.75) is 6.18 Å². The first-order chi connectivity index (χ1) is 6.93. The molecule has 0 saturated carbocycles. The van der Waals surface area contributed by atoms with Crippen LogP contribution in [0.5, 0.6) is 0 Å². The first-order valence-electron chi connectivity index (χ1n) is 3.84. The molecule has 15 heavy (non-hydrogen) atoms. The van der Waals surface area contributed by atoms with E-state index in [1.807, 2.05) is 0 Å². The van der Waals surface area contributed by atoms with Crippen molar-refractivity contribution >= 4 is 11.8 Å². The number of ether oxygens (including phenoxy) is 1. The first kappa shape index (κ1) is 11.4. The molecule has 0 atom stereocenters. The highest BCUT2D eigenvalue weighted by atomic mass is 19.4. The molecule has 3 nitrogen and oxygen atoms in total. The van der Waals surface area contributed by atoms with Gasteiger partial charge in [0.2, 0.25) is 0 Å². The van der Waals surface area contributed by atoms with Crippen molar-refractivity contribution in [3.63, 3.8) is 0 Å². The number of hydrogen-bond acceptors (Lipinski definition) is 2. The molecular weight excluding hydrogens is 211 g/mol. The molecule has 0 unspecified atom stereocenters. The Morgan fingerprint density at radius 2 is 1.80 bits per heavy atom. The van der Waals surface area contributed by atoms with E-state index in [0.29, 0.717) is 0 Å². The Morgan fingerprint density at radius 1 is 1.27 bits per heavy atom. The lowest BCUT2D eigenvalue weighted by molar-refractivity contribution is -0.137. The van der Waals surface area contributed by atoms with Crippen molar-refractivity contribution in [1.82, 2.24) is 0 Å². The SMILES string of the molecule is [CH2]OC(=O)Nc1ccc(C(F)(F)F)cc1. The van der Waals surface area contributed by atoms with E-state index in [4.69, 9.17) is 0 Å². The number of rotatable bonds is 1. The molecule has 1 rings (SSSR count). The maximum Gasteiger partial charge on any atom is 0.416 e. The van der Waals surface area contributed by atoms with Crippen LogP contribution in [0.25, 0.3) is 0 Å². The van der Waals surface area contributed by atoms with Crippen molar-refractivity contribution in [1.29, 1.82) is 0 Å². The van der Waals surface area contributed by atoms with Crippen LogP contribution in [0.1, 0.15) is 5.56 Å². The summed E-state index contributed by atoms with van der Waals surface area (Å²) >= 11 is 0. The lowest BCUT2D eigenvalue weighted by Crippen LogP contribution is -2.10. The van der Waals surface area contributed by atoms with Crippen LogP contribution in [0, 0.1) is 7.11 Å². The molecule has 1 N–H and O–H groups in total. The number of amides is 1. The van der Waals surface area contributed by atoms with Crippen molar-refractivity contribution in [2.75, 3.05) is 5.32 Å². The molecule has 1 aromatic carbocycles. The van der Waals surface area contributed by atoms with Gasteiger partial charge < -0.3 is 4.74 Å². The third-order valence-corrected chi connectivity index (χ3v) is 1.59. The van der Waals surface area contributed by atoms with Gasteiger partial charge in [0.25, 0.3) is 0 Å². The summed E-state index contributed by atoms with van der Waals surface area (Å²) in [5, 5.41) is 2.18. The number of benzene rings is 1. The zero-order valence-electron chi connectivity index (χ0n) is 7.47. The molecule has 81 valence electrons. The summed E-state index contributed by atoms with van der Waals surface area (Å²) < 4.78 is 40.4. The fraction of sp³-hybridized carbons (Fsp3) is 0.111. The maximum absolute atomic E-state index is 12.1. The number of carbonyl (C=O) groups is 1. The van der Waals surface area contributed by atoms with E-state index >= 15 is 0 Å². The van der Waals surface area contributed by atoms with Crippen molar-refractivity contribution in [3.8, 4) is 0 Å². The molecule has 0 fully saturated rings. The highest BCUT2D eigenvalue weighted by molar-refractivity contribution is 5.84. The summed E-state index contributed by atoms with van der Waals surface area (Å²) in [5.74, 6) is 0. The monoisotopic (exact) mass is 218 g/mol. The average Bonchev–Trinajstić information content (AvgIpc) is 2.17. The molecule has 0 heterocycles. The zero-order chi connectivity index (χ0) is 11.5. The molecule has 0 aliphatic carbocycles. The summed E-state index contributed by atoms with van der Waals surface area (Å²) in [7, 11) is 2.85. The van der Waals surface area contributed by atoms with E-state index in [2.05, 4.69) is 17.2 Å². The minimum absolute atomic E-state index is 0.205. The summed E-state index contributed by atoms with van der Waals surface area (Å²) in [6, 6.07) is 3.97. The molecule has 6 heteroatoms. The number of halogens is 3. The van der Waals surface area contributed by atoms with E-state index in [1.165, 1.54) is 0 Å². The third-order valence-electron chi connectivity index (χ3n) is 1.59. The van der Waals surface area contributed by atoms with Crippen LogP contribution >= 0.6 is 0 Å². The van der Waals surface area contributed by atoms with Gasteiger partial charge in [0.15, 0.2) is 0 Å². The summed E-state index contributed by atoms with van der Waals surface area (Å²) in [6.45, 7) is 0. The van der Waals surface area contributed by atoms with Gasteiger partial charge in [0.05, 0.1) is 5.56 Å². The lowest BCUT2D eigenvalue weighted by Gasteiger charge is -2.07. The van der Waals surface area contributed by atoms with E-state index in [9.17, 15) is 18.0 Å². The standard InChI is InChI=1S/C9H7F3NO2/c1-15-8(14)13-7-4-2-6(3-5-7)9(10,11)12/h2-5H,1H2,(H,13,14). The molecule has 0 aromatic heterocycles. The van der Waals surface area contributed by atoms with Crippen LogP contribution in [-0.4, -0.2) is 6.09 Å². The van der Waals surface area contributed by atoms with Gasteiger partial charge in [-0.05, 0) is 24.3 Å². The number of anilines is 1. The Balaban J connectivity index is 2.77. The third kappa shape index (κ3) is 3.16. The number of nitrogens with one attached hydrogen (secondary N) is 1. The van der Waals surface area contributed by atoms with Crippen LogP contribution in [-0.2, 0) is 10.9 Å². The molecule has 1 amide bonds. The van der Waals surface area contributed by atoms with E-state index in [0.717, 1.165) is 24.3 Å². The van der Waals surface area contributed by atoms with Gasteiger partial charge in [0, 0.05) is 5.69 Å². The normalized spacial score (nSPS) is 10.9. The minimum Gasteiger partial charge on any atom is -0.446 e. The van der Waals surface area contributed by atoms with Gasteiger partial charge in [-0.3, -0.25) is 5.32 Å². The van der Waals surface area contributed by atoms with Gasteiger partial charge in [-0.1, -0.05) is 0 Å². The van der Waals surface area contributed by atoms with E-state index in [-0.39, 0.29) is 5.69 Å². The van der Waals surface area contributed by atoms with Gasteiger partial charge in [-0.25, -0.2) is 4.79 Å². The summed E-state index contributed by atoms with van der Waals surface area (Å²) in [4.78, 5) is 10.6. The Hall–Kier alpha value is -1.72. The molecule has 1 radical (unpaired) electrons. The van der Waals surface area contributed by atoms with Crippen LogP contribution in [0.2, 0.25) is 0 Å². The minimum atomic E-state index is -4.38. The Bertz CT molecular complexity index is 345. The predicted octanol–water partition coefficient (Wildman–Crippen LogP) is 3.05. The zero-order valence-corrected chi connectivity index (χ0v) is 7.47. The van der Waals surface area contributed by atoms with Crippen molar-refractivity contribution < 1.29 is 22.7 Å². The highest BCUT2D eigenvalue weighted by Gasteiger charge is 2.29. The van der Waals surface area contributed by atoms with E-state index < -0.39 is 17.8 Å². The van der Waals surface area contributed by atoms with E-state index in [1.54, 1.807) is 0 Å². The van der Waals surface area contributed by atoms with Gasteiger partial charge >= 0.3 is 12.3 Å². The smallest absolute Gasteiger partial charge is 0.416 e. The van der Waals surface area contributed by atoms with Crippen molar-refractivity contribution in [2.24, 2.45) is 0 Å². The van der Waals surface area contributed by atoms with Gasteiger partial charge in [-0.15, -0.1) is 0 Å². The molecule has 0 spiro atoms. The second-order valence-corrected chi connectivity index (χ2v) is 2.63. The summed E-state index contributed by atoms with van der Waals surface area (Å²) in [5.41, 5.74) is -0.576. The average molecular weight is 218 g/mol. The quantitative estimate of drug-likeness (QED) is 0.786. The van der Waals surface area contributed by atoms with Crippen LogP contribution in [0.15, 0.2) is 24.3 Å². The van der Waals surface area contributed by atoms with Crippen molar-refractivity contribution in [3.05, 3.63) is 36.9 Å². The second kappa shape index (κ2) is 4.20. The topological polar surface area (TPSA) is 38.3 Å². The van der Waals surface area contributed by atoms with Crippen LogP contribution in [0.4, 0.5) is 23.7 Å². The largest absolute Gasteiger partial charge is 0.446 e. The molecule has 0 saturated heterocycles. The van der Waals surface area contributed by atoms with Gasteiger partial charge in [-0.2, -0.15) is 13.2 Å². The molecule has 1 aromatic rings. The predicted molar refractivity (Wildman–Crippen MR) is 46.9 cm³/mol. The number of alkyl halides is 3. The molecule has 0 aliphatic heterocycles.